The lowest BCUT2D eigenvalue weighted by atomic mass is 10.1. The molecule has 122 valence electrons. The first kappa shape index (κ1) is 17.1. The molecular weight excluding hydrogens is 298 g/mol. The van der Waals surface area contributed by atoms with Gasteiger partial charge in [0.2, 0.25) is 0 Å². The smallest absolute Gasteiger partial charge is 0.317 e. The predicted molar refractivity (Wildman–Crippen MR) is 91.2 cm³/mol. The van der Waals surface area contributed by atoms with Gasteiger partial charge >= 0.3 is 6.03 Å². The zero-order chi connectivity index (χ0) is 15.9. The summed E-state index contributed by atoms with van der Waals surface area (Å²) in [5, 5.41) is 3.69. The molecule has 1 aromatic carbocycles. The molecule has 0 aromatic heterocycles. The van der Waals surface area contributed by atoms with Crippen LogP contribution in [0.1, 0.15) is 25.8 Å². The number of benzene rings is 1. The summed E-state index contributed by atoms with van der Waals surface area (Å²) in [6.07, 6.45) is 1.22. The van der Waals surface area contributed by atoms with E-state index < -0.39 is 0 Å². The van der Waals surface area contributed by atoms with Crippen LogP contribution >= 0.6 is 11.6 Å². The van der Waals surface area contributed by atoms with Gasteiger partial charge in [-0.25, -0.2) is 4.79 Å². The number of carbonyl (C=O) groups excluding carboxylic acids is 1. The van der Waals surface area contributed by atoms with E-state index in [1.165, 1.54) is 6.42 Å². The van der Waals surface area contributed by atoms with Gasteiger partial charge in [0.05, 0.1) is 0 Å². The summed E-state index contributed by atoms with van der Waals surface area (Å²) in [5.41, 5.74) is 1.06. The van der Waals surface area contributed by atoms with Crippen molar-refractivity contribution in [1.29, 1.82) is 0 Å². The van der Waals surface area contributed by atoms with Crippen LogP contribution in [0.5, 0.6) is 0 Å². The number of hydrogen-bond acceptors (Lipinski definition) is 2. The van der Waals surface area contributed by atoms with Gasteiger partial charge in [-0.05, 0) is 36.6 Å². The maximum absolute atomic E-state index is 12.2. The first-order valence-corrected chi connectivity index (χ1v) is 8.42. The Morgan fingerprint density at radius 3 is 2.41 bits per heavy atom. The summed E-state index contributed by atoms with van der Waals surface area (Å²) < 4.78 is 0. The molecular formula is C17H26ClN3O. The number of urea groups is 1. The minimum Gasteiger partial charge on any atom is -0.334 e. The molecule has 1 heterocycles. The molecule has 0 radical (unpaired) electrons. The van der Waals surface area contributed by atoms with Crippen molar-refractivity contribution in [2.24, 2.45) is 5.92 Å². The molecule has 0 atom stereocenters. The first-order valence-electron chi connectivity index (χ1n) is 8.04. The van der Waals surface area contributed by atoms with E-state index in [9.17, 15) is 4.79 Å². The van der Waals surface area contributed by atoms with Gasteiger partial charge in [0.1, 0.15) is 0 Å². The average molecular weight is 324 g/mol. The molecule has 4 nitrogen and oxygen atoms in total. The second-order valence-electron chi connectivity index (χ2n) is 6.30. The number of carbonyl (C=O) groups is 1. The van der Waals surface area contributed by atoms with Gasteiger partial charge in [-0.15, -0.1) is 0 Å². The second kappa shape index (κ2) is 8.39. The highest BCUT2D eigenvalue weighted by Gasteiger charge is 2.20. The van der Waals surface area contributed by atoms with Gasteiger partial charge in [0.25, 0.3) is 0 Å². The third-order valence-electron chi connectivity index (χ3n) is 4.04. The SMILES string of the molecule is CC(C)CCN1CCN(C(=O)NCc2ccc(Cl)cc2)CC1. The van der Waals surface area contributed by atoms with Crippen LogP contribution < -0.4 is 5.32 Å². The molecule has 22 heavy (non-hydrogen) atoms. The number of nitrogens with one attached hydrogen (secondary N) is 1. The van der Waals surface area contributed by atoms with E-state index in [0.29, 0.717) is 11.6 Å². The van der Waals surface area contributed by atoms with Crippen molar-refractivity contribution in [2.75, 3.05) is 32.7 Å². The van der Waals surface area contributed by atoms with E-state index >= 15 is 0 Å². The Labute approximate surface area is 138 Å². The average Bonchev–Trinajstić information content (AvgIpc) is 2.52. The molecule has 1 N–H and O–H groups in total. The van der Waals surface area contributed by atoms with E-state index in [0.717, 1.165) is 44.2 Å². The highest BCUT2D eigenvalue weighted by atomic mass is 35.5. The van der Waals surface area contributed by atoms with Crippen LogP contribution in [0.15, 0.2) is 24.3 Å². The Hall–Kier alpha value is -1.26. The van der Waals surface area contributed by atoms with E-state index in [4.69, 9.17) is 11.6 Å². The lowest BCUT2D eigenvalue weighted by Gasteiger charge is -2.35. The summed E-state index contributed by atoms with van der Waals surface area (Å²) >= 11 is 5.85. The largest absolute Gasteiger partial charge is 0.334 e. The minimum absolute atomic E-state index is 0.0264. The Morgan fingerprint density at radius 2 is 1.82 bits per heavy atom. The van der Waals surface area contributed by atoms with E-state index in [2.05, 4.69) is 24.1 Å². The standard InChI is InChI=1S/C17H26ClN3O/c1-14(2)7-8-20-9-11-21(12-10-20)17(22)19-13-15-3-5-16(18)6-4-15/h3-6,14H,7-13H2,1-2H3,(H,19,22). The molecule has 2 rings (SSSR count). The number of piperazine rings is 1. The maximum atomic E-state index is 12.2. The normalized spacial score (nSPS) is 16.1. The number of hydrogen-bond donors (Lipinski definition) is 1. The Morgan fingerprint density at radius 1 is 1.18 bits per heavy atom. The molecule has 0 unspecified atom stereocenters. The molecule has 0 saturated carbocycles. The van der Waals surface area contributed by atoms with Crippen LogP contribution in [0, 0.1) is 5.92 Å². The van der Waals surface area contributed by atoms with Gasteiger partial charge in [-0.1, -0.05) is 37.6 Å². The van der Waals surface area contributed by atoms with Crippen molar-refractivity contribution < 1.29 is 4.79 Å². The van der Waals surface area contributed by atoms with Gasteiger partial charge in [0, 0.05) is 37.7 Å². The molecule has 5 heteroatoms. The van der Waals surface area contributed by atoms with Crippen molar-refractivity contribution in [3.05, 3.63) is 34.9 Å². The molecule has 1 fully saturated rings. The number of rotatable bonds is 5. The van der Waals surface area contributed by atoms with Crippen molar-refractivity contribution in [1.82, 2.24) is 15.1 Å². The fourth-order valence-corrected chi connectivity index (χ4v) is 2.63. The van der Waals surface area contributed by atoms with Gasteiger partial charge < -0.3 is 10.2 Å². The molecule has 1 saturated heterocycles. The highest BCUT2D eigenvalue weighted by Crippen LogP contribution is 2.10. The molecule has 1 aromatic rings. The number of amides is 2. The van der Waals surface area contributed by atoms with Crippen molar-refractivity contribution >= 4 is 17.6 Å². The summed E-state index contributed by atoms with van der Waals surface area (Å²) in [7, 11) is 0. The van der Waals surface area contributed by atoms with Gasteiger partial charge in [0.15, 0.2) is 0 Å². The summed E-state index contributed by atoms with van der Waals surface area (Å²) in [4.78, 5) is 16.5. The Kier molecular flexibility index (Phi) is 6.52. The van der Waals surface area contributed by atoms with Crippen molar-refractivity contribution in [3.8, 4) is 0 Å². The van der Waals surface area contributed by atoms with Crippen molar-refractivity contribution in [2.45, 2.75) is 26.8 Å². The second-order valence-corrected chi connectivity index (χ2v) is 6.73. The molecule has 0 spiro atoms. The monoisotopic (exact) mass is 323 g/mol. The molecule has 0 bridgehead atoms. The quantitative estimate of drug-likeness (QED) is 0.903. The molecule has 2 amide bonds. The zero-order valence-corrected chi connectivity index (χ0v) is 14.3. The first-order chi connectivity index (χ1) is 10.5. The minimum atomic E-state index is 0.0264. The Balaban J connectivity index is 1.69. The third kappa shape index (κ3) is 5.50. The van der Waals surface area contributed by atoms with Crippen LogP contribution in [0.4, 0.5) is 4.79 Å². The van der Waals surface area contributed by atoms with Gasteiger partial charge in [-0.2, -0.15) is 0 Å². The summed E-state index contributed by atoms with van der Waals surface area (Å²) in [6, 6.07) is 7.59. The van der Waals surface area contributed by atoms with Crippen LogP contribution in [0.25, 0.3) is 0 Å². The molecule has 1 aliphatic rings. The third-order valence-corrected chi connectivity index (χ3v) is 4.29. The molecule has 1 aliphatic heterocycles. The summed E-state index contributed by atoms with van der Waals surface area (Å²) in [5.74, 6) is 0.737. The van der Waals surface area contributed by atoms with Crippen LogP contribution in [0.3, 0.4) is 0 Å². The topological polar surface area (TPSA) is 35.6 Å². The Bertz CT molecular complexity index is 467. The van der Waals surface area contributed by atoms with E-state index in [1.807, 2.05) is 29.2 Å². The van der Waals surface area contributed by atoms with Crippen molar-refractivity contribution in [3.63, 3.8) is 0 Å². The van der Waals surface area contributed by atoms with E-state index in [-0.39, 0.29) is 6.03 Å². The fraction of sp³-hybridized carbons (Fsp3) is 0.588. The molecule has 0 aliphatic carbocycles. The van der Waals surface area contributed by atoms with Crippen LogP contribution in [-0.4, -0.2) is 48.6 Å². The number of nitrogens with zero attached hydrogens (tertiary/aromatic N) is 2. The lowest BCUT2D eigenvalue weighted by Crippen LogP contribution is -2.51. The fourth-order valence-electron chi connectivity index (χ4n) is 2.51. The highest BCUT2D eigenvalue weighted by molar-refractivity contribution is 6.30. The van der Waals surface area contributed by atoms with Crippen LogP contribution in [0.2, 0.25) is 5.02 Å². The van der Waals surface area contributed by atoms with E-state index in [1.54, 1.807) is 0 Å². The van der Waals surface area contributed by atoms with Crippen LogP contribution in [-0.2, 0) is 6.54 Å². The maximum Gasteiger partial charge on any atom is 0.317 e. The zero-order valence-electron chi connectivity index (χ0n) is 13.5. The summed E-state index contributed by atoms with van der Waals surface area (Å²) in [6.45, 7) is 9.75. The predicted octanol–water partition coefficient (Wildman–Crippen LogP) is 3.21. The lowest BCUT2D eigenvalue weighted by molar-refractivity contribution is 0.135. The van der Waals surface area contributed by atoms with Gasteiger partial charge in [-0.3, -0.25) is 4.90 Å². The number of halogens is 1.